The number of fused-ring (bicyclic) bond motifs is 1. The van der Waals surface area contributed by atoms with Crippen molar-refractivity contribution in [1.29, 1.82) is 0 Å². The minimum absolute atomic E-state index is 0.201. The van der Waals surface area contributed by atoms with Gasteiger partial charge in [0.15, 0.2) is 0 Å². The minimum Gasteiger partial charge on any atom is -0.417 e. The van der Waals surface area contributed by atoms with Gasteiger partial charge in [0.05, 0.1) is 17.6 Å². The van der Waals surface area contributed by atoms with E-state index in [0.29, 0.717) is 34.3 Å². The number of nitrogens with zero attached hydrogens (tertiary/aromatic N) is 7. The smallest absolute Gasteiger partial charge is 0.388 e. The van der Waals surface area contributed by atoms with Crippen LogP contribution in [0.2, 0.25) is 0 Å². The van der Waals surface area contributed by atoms with E-state index in [9.17, 15) is 13.2 Å². The van der Waals surface area contributed by atoms with Gasteiger partial charge in [-0.2, -0.15) is 8.78 Å². The van der Waals surface area contributed by atoms with Crippen LogP contribution >= 0.6 is 0 Å². The standard InChI is InChI=1S/C23H19F3N8O/c1-2-17(16-11-34(32-31-16)18-6-4-3-5-15(18)24)33-10-14(20-21(27)29-12-30-22(20)33)13-7-8-19(28-9-13)35-23(25)26/h3-12,17,23H,2H2,1H3,(H2,27,29,30)/t17-/m0/s1. The molecular formula is C23H19F3N8O. The van der Waals surface area contributed by atoms with E-state index in [-0.39, 0.29) is 23.4 Å². The molecule has 9 nitrogen and oxygen atoms in total. The first-order valence-electron chi connectivity index (χ1n) is 10.7. The number of pyridine rings is 1. The summed E-state index contributed by atoms with van der Waals surface area (Å²) in [6, 6.07) is 8.92. The van der Waals surface area contributed by atoms with E-state index < -0.39 is 12.4 Å². The van der Waals surface area contributed by atoms with Crippen LogP contribution in [-0.2, 0) is 0 Å². The molecule has 35 heavy (non-hydrogen) atoms. The summed E-state index contributed by atoms with van der Waals surface area (Å²) in [6.07, 6.45) is 6.89. The third-order valence-corrected chi connectivity index (χ3v) is 5.57. The van der Waals surface area contributed by atoms with E-state index >= 15 is 0 Å². The summed E-state index contributed by atoms with van der Waals surface area (Å²) >= 11 is 0. The second-order valence-electron chi connectivity index (χ2n) is 7.63. The molecule has 0 amide bonds. The maximum Gasteiger partial charge on any atom is 0.388 e. The molecule has 0 radical (unpaired) electrons. The van der Waals surface area contributed by atoms with Crippen LogP contribution in [-0.4, -0.2) is 41.1 Å². The second-order valence-corrected chi connectivity index (χ2v) is 7.63. The number of anilines is 1. The summed E-state index contributed by atoms with van der Waals surface area (Å²) in [4.78, 5) is 12.5. The van der Waals surface area contributed by atoms with Gasteiger partial charge in [-0.15, -0.1) is 5.10 Å². The zero-order valence-electron chi connectivity index (χ0n) is 18.4. The maximum absolute atomic E-state index is 14.3. The highest BCUT2D eigenvalue weighted by Gasteiger charge is 2.23. The second kappa shape index (κ2) is 9.05. The zero-order valence-corrected chi connectivity index (χ0v) is 18.4. The van der Waals surface area contributed by atoms with Crippen LogP contribution in [0, 0.1) is 5.82 Å². The minimum atomic E-state index is -2.97. The van der Waals surface area contributed by atoms with Crippen molar-refractivity contribution in [3.05, 3.63) is 72.8 Å². The van der Waals surface area contributed by atoms with Crippen LogP contribution in [0.4, 0.5) is 19.0 Å². The molecule has 0 aliphatic rings. The Balaban J connectivity index is 1.59. The van der Waals surface area contributed by atoms with Gasteiger partial charge in [-0.1, -0.05) is 24.3 Å². The maximum atomic E-state index is 14.3. The molecule has 5 rings (SSSR count). The molecule has 0 saturated carbocycles. The molecule has 0 aliphatic carbocycles. The fraction of sp³-hybridized carbons (Fsp3) is 0.174. The highest BCUT2D eigenvalue weighted by Crippen LogP contribution is 2.36. The number of hydrogen-bond acceptors (Lipinski definition) is 7. The lowest BCUT2D eigenvalue weighted by Gasteiger charge is -2.15. The zero-order chi connectivity index (χ0) is 24.5. The van der Waals surface area contributed by atoms with Gasteiger partial charge in [0.1, 0.15) is 35.0 Å². The van der Waals surface area contributed by atoms with E-state index in [2.05, 4.69) is 30.0 Å². The molecule has 0 fully saturated rings. The summed E-state index contributed by atoms with van der Waals surface area (Å²) in [5.41, 5.74) is 8.89. The van der Waals surface area contributed by atoms with Gasteiger partial charge in [0.2, 0.25) is 5.88 Å². The molecule has 0 saturated heterocycles. The van der Waals surface area contributed by atoms with Gasteiger partial charge < -0.3 is 15.0 Å². The predicted molar refractivity (Wildman–Crippen MR) is 122 cm³/mol. The lowest BCUT2D eigenvalue weighted by Crippen LogP contribution is -2.10. The van der Waals surface area contributed by atoms with Crippen molar-refractivity contribution < 1.29 is 17.9 Å². The third-order valence-electron chi connectivity index (χ3n) is 5.57. The summed E-state index contributed by atoms with van der Waals surface area (Å²) in [5.74, 6) is -0.368. The molecule has 5 aromatic rings. The molecule has 2 N–H and O–H groups in total. The Hall–Kier alpha value is -4.48. The molecule has 0 spiro atoms. The van der Waals surface area contributed by atoms with Gasteiger partial charge in [-0.3, -0.25) is 0 Å². The lowest BCUT2D eigenvalue weighted by atomic mass is 10.1. The fourth-order valence-electron chi connectivity index (χ4n) is 4.00. The molecule has 0 unspecified atom stereocenters. The van der Waals surface area contributed by atoms with Gasteiger partial charge in [0, 0.05) is 29.6 Å². The van der Waals surface area contributed by atoms with Crippen LogP contribution < -0.4 is 10.5 Å². The number of halogens is 3. The Morgan fingerprint density at radius 1 is 1.06 bits per heavy atom. The highest BCUT2D eigenvalue weighted by molar-refractivity contribution is 6.00. The Labute approximate surface area is 197 Å². The lowest BCUT2D eigenvalue weighted by molar-refractivity contribution is -0.0528. The summed E-state index contributed by atoms with van der Waals surface area (Å²) in [7, 11) is 0. The van der Waals surface area contributed by atoms with Gasteiger partial charge in [0.25, 0.3) is 0 Å². The van der Waals surface area contributed by atoms with Crippen molar-refractivity contribution in [2.45, 2.75) is 26.0 Å². The summed E-state index contributed by atoms with van der Waals surface area (Å²) in [5, 5.41) is 8.97. The number of alkyl halides is 2. The van der Waals surface area contributed by atoms with Crippen LogP contribution in [0.5, 0.6) is 5.88 Å². The average Bonchev–Trinajstić information content (AvgIpc) is 3.47. The fourth-order valence-corrected chi connectivity index (χ4v) is 4.00. The largest absolute Gasteiger partial charge is 0.417 e. The van der Waals surface area contributed by atoms with Gasteiger partial charge in [-0.05, 0) is 24.6 Å². The van der Waals surface area contributed by atoms with Crippen molar-refractivity contribution in [2.24, 2.45) is 0 Å². The van der Waals surface area contributed by atoms with E-state index in [0.717, 1.165) is 0 Å². The van der Waals surface area contributed by atoms with E-state index in [1.54, 1.807) is 30.5 Å². The SMILES string of the molecule is CC[C@@H](c1cn(-c2ccccc2F)nn1)n1cc(-c2ccc(OC(F)F)nc2)c2c(N)ncnc21. The van der Waals surface area contributed by atoms with Crippen LogP contribution in [0.15, 0.2) is 61.3 Å². The Kier molecular flexibility index (Phi) is 5.77. The number of para-hydroxylation sites is 1. The molecule has 1 aromatic carbocycles. The van der Waals surface area contributed by atoms with Crippen LogP contribution in [0.3, 0.4) is 0 Å². The monoisotopic (exact) mass is 480 g/mol. The highest BCUT2D eigenvalue weighted by atomic mass is 19.3. The average molecular weight is 480 g/mol. The Morgan fingerprint density at radius 2 is 1.89 bits per heavy atom. The number of ether oxygens (including phenoxy) is 1. The summed E-state index contributed by atoms with van der Waals surface area (Å²) in [6.45, 7) is -0.997. The van der Waals surface area contributed by atoms with Crippen molar-refractivity contribution in [1.82, 2.24) is 34.5 Å². The topological polar surface area (TPSA) is 110 Å². The van der Waals surface area contributed by atoms with Gasteiger partial charge >= 0.3 is 6.61 Å². The molecule has 4 aromatic heterocycles. The third kappa shape index (κ3) is 4.14. The molecule has 0 bridgehead atoms. The molecule has 178 valence electrons. The van der Waals surface area contributed by atoms with Gasteiger partial charge in [-0.25, -0.2) is 24.0 Å². The Bertz CT molecular complexity index is 1480. The number of rotatable bonds is 7. The first-order chi connectivity index (χ1) is 17.0. The van der Waals surface area contributed by atoms with Crippen molar-refractivity contribution in [3.8, 4) is 22.7 Å². The molecule has 0 aliphatic heterocycles. The number of nitrogens with two attached hydrogens (primary N) is 1. The normalized spacial score (nSPS) is 12.4. The first kappa shape index (κ1) is 22.3. The van der Waals surface area contributed by atoms with E-state index in [1.165, 1.54) is 29.3 Å². The van der Waals surface area contributed by atoms with E-state index in [4.69, 9.17) is 5.73 Å². The molecular weight excluding hydrogens is 461 g/mol. The number of nitrogen functional groups attached to an aromatic ring is 1. The molecule has 4 heterocycles. The van der Waals surface area contributed by atoms with Crippen LogP contribution in [0.1, 0.15) is 25.1 Å². The van der Waals surface area contributed by atoms with E-state index in [1.807, 2.05) is 17.7 Å². The van der Waals surface area contributed by atoms with Crippen molar-refractivity contribution >= 4 is 16.9 Å². The summed E-state index contributed by atoms with van der Waals surface area (Å²) < 4.78 is 46.9. The number of benzene rings is 1. The van der Waals surface area contributed by atoms with Crippen molar-refractivity contribution in [2.75, 3.05) is 5.73 Å². The molecule has 1 atom stereocenters. The first-order valence-corrected chi connectivity index (χ1v) is 10.7. The molecule has 12 heteroatoms. The van der Waals surface area contributed by atoms with Crippen molar-refractivity contribution in [3.63, 3.8) is 0 Å². The Morgan fingerprint density at radius 3 is 2.60 bits per heavy atom. The number of hydrogen-bond donors (Lipinski definition) is 1. The van der Waals surface area contributed by atoms with Crippen LogP contribution in [0.25, 0.3) is 27.8 Å². The predicted octanol–water partition coefficient (Wildman–Crippen LogP) is 4.40. The number of aromatic nitrogens is 7. The quantitative estimate of drug-likeness (QED) is 0.368.